The topological polar surface area (TPSA) is 15.3 Å². The van der Waals surface area contributed by atoms with Gasteiger partial charge in [-0.1, -0.05) is 0 Å². The second-order valence-electron chi connectivity index (χ2n) is 5.75. The molecule has 1 N–H and O–H groups in total. The van der Waals surface area contributed by atoms with E-state index in [-0.39, 0.29) is 11.6 Å². The summed E-state index contributed by atoms with van der Waals surface area (Å²) in [6.45, 7) is 3.65. The van der Waals surface area contributed by atoms with E-state index in [1.165, 1.54) is 37.9 Å². The van der Waals surface area contributed by atoms with Crippen molar-refractivity contribution in [3.63, 3.8) is 0 Å². The van der Waals surface area contributed by atoms with Crippen molar-refractivity contribution in [3.8, 4) is 0 Å². The minimum atomic E-state index is -0.376. The normalized spacial score (nSPS) is 24.0. The Kier molecular flexibility index (Phi) is 3.80. The van der Waals surface area contributed by atoms with Crippen LogP contribution in [0.2, 0.25) is 0 Å². The second kappa shape index (κ2) is 5.55. The lowest BCUT2D eigenvalue weighted by molar-refractivity contribution is 0.311. The Morgan fingerprint density at radius 3 is 2.84 bits per heavy atom. The van der Waals surface area contributed by atoms with Crippen molar-refractivity contribution in [2.24, 2.45) is 5.92 Å². The van der Waals surface area contributed by atoms with Gasteiger partial charge >= 0.3 is 0 Å². The molecule has 4 heteroatoms. The third-order valence-corrected chi connectivity index (χ3v) is 4.14. The van der Waals surface area contributed by atoms with Gasteiger partial charge in [0, 0.05) is 24.7 Å². The molecule has 1 unspecified atom stereocenters. The molecule has 0 amide bonds. The molecule has 1 aromatic rings. The summed E-state index contributed by atoms with van der Waals surface area (Å²) >= 11 is 0. The molecule has 1 atom stereocenters. The first-order valence-corrected chi connectivity index (χ1v) is 7.11. The van der Waals surface area contributed by atoms with E-state index < -0.39 is 0 Å². The molecular formula is C15H20F2N2. The fourth-order valence-electron chi connectivity index (χ4n) is 2.89. The zero-order valence-corrected chi connectivity index (χ0v) is 11.0. The van der Waals surface area contributed by atoms with Crippen molar-refractivity contribution < 1.29 is 8.78 Å². The number of hydrogen-bond acceptors (Lipinski definition) is 2. The molecule has 1 aliphatic carbocycles. The predicted molar refractivity (Wildman–Crippen MR) is 70.8 cm³/mol. The van der Waals surface area contributed by atoms with Crippen LogP contribution in [0.5, 0.6) is 0 Å². The molecular weight excluding hydrogens is 246 g/mol. The third-order valence-electron chi connectivity index (χ3n) is 4.14. The standard InChI is InChI=1S/C15H20F2N2/c16-13-1-4-15(17)12(7-13)9-18-8-11-5-6-19(10-11)14-2-3-14/h1,4,7,11,14,18H,2-3,5-6,8-10H2. The van der Waals surface area contributed by atoms with E-state index in [0.29, 0.717) is 18.0 Å². The van der Waals surface area contributed by atoms with Crippen LogP contribution in [0.1, 0.15) is 24.8 Å². The number of likely N-dealkylation sites (tertiary alicyclic amines) is 1. The van der Waals surface area contributed by atoms with Crippen molar-refractivity contribution in [2.75, 3.05) is 19.6 Å². The Balaban J connectivity index is 1.44. The molecule has 19 heavy (non-hydrogen) atoms. The van der Waals surface area contributed by atoms with E-state index in [9.17, 15) is 8.78 Å². The maximum atomic E-state index is 13.4. The van der Waals surface area contributed by atoms with Crippen LogP contribution in [0.15, 0.2) is 18.2 Å². The molecule has 0 bridgehead atoms. The Morgan fingerprint density at radius 1 is 1.21 bits per heavy atom. The Hall–Kier alpha value is -1.00. The summed E-state index contributed by atoms with van der Waals surface area (Å²) in [7, 11) is 0. The molecule has 2 fully saturated rings. The number of rotatable bonds is 5. The lowest BCUT2D eigenvalue weighted by Crippen LogP contribution is -2.27. The number of benzene rings is 1. The number of nitrogens with one attached hydrogen (secondary N) is 1. The van der Waals surface area contributed by atoms with Crippen molar-refractivity contribution in [3.05, 3.63) is 35.4 Å². The Bertz CT molecular complexity index is 446. The number of nitrogens with zero attached hydrogens (tertiary/aromatic N) is 1. The summed E-state index contributed by atoms with van der Waals surface area (Å²) in [5.74, 6) is -0.0591. The summed E-state index contributed by atoms with van der Waals surface area (Å²) in [5, 5.41) is 3.26. The molecule has 0 aromatic heterocycles. The fraction of sp³-hybridized carbons (Fsp3) is 0.600. The predicted octanol–water partition coefficient (Wildman–Crippen LogP) is 2.54. The molecule has 2 nitrogen and oxygen atoms in total. The number of halogens is 2. The summed E-state index contributed by atoms with van der Waals surface area (Å²) in [6, 6.07) is 4.46. The lowest BCUT2D eigenvalue weighted by Gasteiger charge is -2.15. The molecule has 1 heterocycles. The van der Waals surface area contributed by atoms with Gasteiger partial charge in [0.25, 0.3) is 0 Å². The number of hydrogen-bond donors (Lipinski definition) is 1. The SMILES string of the molecule is Fc1ccc(F)c(CNCC2CCN(C3CC3)C2)c1. The maximum absolute atomic E-state index is 13.4. The molecule has 104 valence electrons. The molecule has 1 saturated heterocycles. The average Bonchev–Trinajstić information content (AvgIpc) is 3.14. The van der Waals surface area contributed by atoms with Crippen molar-refractivity contribution >= 4 is 0 Å². The monoisotopic (exact) mass is 266 g/mol. The van der Waals surface area contributed by atoms with E-state index in [0.717, 1.165) is 25.2 Å². The molecule has 1 saturated carbocycles. The molecule has 3 rings (SSSR count). The van der Waals surface area contributed by atoms with Crippen LogP contribution in [0.3, 0.4) is 0 Å². The highest BCUT2D eigenvalue weighted by molar-refractivity contribution is 5.18. The summed E-state index contributed by atoms with van der Waals surface area (Å²) in [5.41, 5.74) is 0.414. The van der Waals surface area contributed by atoms with Gasteiger partial charge in [-0.3, -0.25) is 0 Å². The minimum absolute atomic E-state index is 0.333. The van der Waals surface area contributed by atoms with E-state index in [1.54, 1.807) is 0 Å². The molecule has 1 aliphatic heterocycles. The van der Waals surface area contributed by atoms with Crippen LogP contribution in [-0.2, 0) is 6.54 Å². The first-order chi connectivity index (χ1) is 9.22. The first kappa shape index (κ1) is 13.0. The van der Waals surface area contributed by atoms with E-state index in [2.05, 4.69) is 10.2 Å². The smallest absolute Gasteiger partial charge is 0.127 e. The summed E-state index contributed by atoms with van der Waals surface area (Å²) < 4.78 is 26.5. The maximum Gasteiger partial charge on any atom is 0.127 e. The summed E-state index contributed by atoms with van der Waals surface area (Å²) in [6.07, 6.45) is 3.93. The van der Waals surface area contributed by atoms with Crippen LogP contribution >= 0.6 is 0 Å². The molecule has 0 spiro atoms. The fourth-order valence-corrected chi connectivity index (χ4v) is 2.89. The van der Waals surface area contributed by atoms with Gasteiger partial charge < -0.3 is 10.2 Å². The molecule has 0 radical (unpaired) electrons. The van der Waals surface area contributed by atoms with Gasteiger partial charge in [-0.2, -0.15) is 0 Å². The highest BCUT2D eigenvalue weighted by Crippen LogP contribution is 2.31. The lowest BCUT2D eigenvalue weighted by atomic mass is 10.1. The Labute approximate surface area is 112 Å². The van der Waals surface area contributed by atoms with Crippen molar-refractivity contribution in [1.82, 2.24) is 10.2 Å². The molecule has 1 aromatic carbocycles. The van der Waals surface area contributed by atoms with Crippen LogP contribution in [0, 0.1) is 17.6 Å². The zero-order valence-electron chi connectivity index (χ0n) is 11.0. The van der Waals surface area contributed by atoms with Gasteiger partial charge in [0.15, 0.2) is 0 Å². The van der Waals surface area contributed by atoms with Gasteiger partial charge in [-0.25, -0.2) is 8.78 Å². The highest BCUT2D eigenvalue weighted by Gasteiger charge is 2.33. The Morgan fingerprint density at radius 2 is 2.05 bits per heavy atom. The first-order valence-electron chi connectivity index (χ1n) is 7.11. The van der Waals surface area contributed by atoms with Gasteiger partial charge in [0.05, 0.1) is 0 Å². The van der Waals surface area contributed by atoms with E-state index in [4.69, 9.17) is 0 Å². The summed E-state index contributed by atoms with van der Waals surface area (Å²) in [4.78, 5) is 2.56. The average molecular weight is 266 g/mol. The van der Waals surface area contributed by atoms with Crippen LogP contribution in [-0.4, -0.2) is 30.6 Å². The van der Waals surface area contributed by atoms with Crippen molar-refractivity contribution in [1.29, 1.82) is 0 Å². The quantitative estimate of drug-likeness (QED) is 0.881. The van der Waals surface area contributed by atoms with Gasteiger partial charge in [0.1, 0.15) is 11.6 Å². The van der Waals surface area contributed by atoms with E-state index >= 15 is 0 Å². The third kappa shape index (κ3) is 3.31. The zero-order chi connectivity index (χ0) is 13.2. The van der Waals surface area contributed by atoms with Gasteiger partial charge in [0.2, 0.25) is 0 Å². The van der Waals surface area contributed by atoms with Gasteiger partial charge in [-0.15, -0.1) is 0 Å². The minimum Gasteiger partial charge on any atom is -0.312 e. The van der Waals surface area contributed by atoms with E-state index in [1.807, 2.05) is 0 Å². The van der Waals surface area contributed by atoms with Gasteiger partial charge in [-0.05, 0) is 56.5 Å². The second-order valence-corrected chi connectivity index (χ2v) is 5.75. The molecule has 2 aliphatic rings. The van der Waals surface area contributed by atoms with Crippen molar-refractivity contribution in [2.45, 2.75) is 31.8 Å². The van der Waals surface area contributed by atoms with Crippen LogP contribution < -0.4 is 5.32 Å². The van der Waals surface area contributed by atoms with Crippen LogP contribution in [0.4, 0.5) is 8.78 Å². The highest BCUT2D eigenvalue weighted by atomic mass is 19.1. The van der Waals surface area contributed by atoms with Crippen LogP contribution in [0.25, 0.3) is 0 Å². The largest absolute Gasteiger partial charge is 0.312 e.